The lowest BCUT2D eigenvalue weighted by atomic mass is 10.2. The highest BCUT2D eigenvalue weighted by Gasteiger charge is 2.34. The normalized spacial score (nSPS) is 17.1. The number of amides is 2. The van der Waals surface area contributed by atoms with Crippen LogP contribution in [0.3, 0.4) is 0 Å². The molecule has 0 saturated carbocycles. The van der Waals surface area contributed by atoms with E-state index in [-0.39, 0.29) is 31.6 Å². The van der Waals surface area contributed by atoms with Crippen LogP contribution in [0.25, 0.3) is 6.08 Å². The van der Waals surface area contributed by atoms with Crippen LogP contribution >= 0.6 is 35.7 Å². The SMILES string of the molecule is O=C1/C(=C/c2ccc3c(c2)OCO3)SC(=S)N1CCC(=O)N1c2ccccc2Sc2ccccc21. The van der Waals surface area contributed by atoms with E-state index in [4.69, 9.17) is 21.7 Å². The standard InChI is InChI=1S/C26H18N2O4S3/c29-24(28-17-5-1-3-7-21(17)34-22-8-4-2-6-18(22)28)11-12-27-25(30)23(35-26(27)33)14-16-9-10-19-20(13-16)32-15-31-19/h1-10,13-14H,11-12,15H2/b23-14-. The maximum Gasteiger partial charge on any atom is 0.266 e. The van der Waals surface area contributed by atoms with Crippen LogP contribution < -0.4 is 14.4 Å². The molecule has 0 spiro atoms. The van der Waals surface area contributed by atoms with Crippen LogP contribution in [0.4, 0.5) is 11.4 Å². The number of carbonyl (C=O) groups excluding carboxylic acids is 2. The smallest absolute Gasteiger partial charge is 0.266 e. The summed E-state index contributed by atoms with van der Waals surface area (Å²) in [6.07, 6.45) is 1.94. The fraction of sp³-hybridized carbons (Fsp3) is 0.115. The molecule has 3 aliphatic rings. The van der Waals surface area contributed by atoms with Crippen LogP contribution in [0, 0.1) is 0 Å². The van der Waals surface area contributed by atoms with E-state index in [2.05, 4.69) is 0 Å². The van der Waals surface area contributed by atoms with Gasteiger partial charge in [-0.15, -0.1) is 0 Å². The molecule has 3 aliphatic heterocycles. The molecule has 0 aliphatic carbocycles. The van der Waals surface area contributed by atoms with E-state index in [0.717, 1.165) is 26.7 Å². The van der Waals surface area contributed by atoms with Crippen LogP contribution in [0.2, 0.25) is 0 Å². The first-order chi connectivity index (χ1) is 17.1. The third kappa shape index (κ3) is 4.09. The monoisotopic (exact) mass is 518 g/mol. The highest BCUT2D eigenvalue weighted by atomic mass is 32.2. The maximum atomic E-state index is 13.5. The first-order valence-electron chi connectivity index (χ1n) is 10.9. The number of para-hydroxylation sites is 2. The number of thiocarbonyl (C=S) groups is 1. The summed E-state index contributed by atoms with van der Waals surface area (Å²) in [4.78, 5) is 32.4. The van der Waals surface area contributed by atoms with Crippen LogP contribution in [0.15, 0.2) is 81.4 Å². The van der Waals surface area contributed by atoms with Crippen molar-refractivity contribution in [3.8, 4) is 11.5 Å². The molecule has 1 saturated heterocycles. The van der Waals surface area contributed by atoms with E-state index in [0.29, 0.717) is 20.7 Å². The summed E-state index contributed by atoms with van der Waals surface area (Å²) >= 11 is 8.37. The van der Waals surface area contributed by atoms with Gasteiger partial charge in [-0.2, -0.15) is 0 Å². The number of thioether (sulfide) groups is 1. The third-order valence-corrected chi connectivity index (χ3v) is 8.31. The van der Waals surface area contributed by atoms with Gasteiger partial charge in [0.25, 0.3) is 5.91 Å². The average Bonchev–Trinajstić information content (AvgIpc) is 3.44. The number of hydrogen-bond acceptors (Lipinski definition) is 7. The number of nitrogens with zero attached hydrogens (tertiary/aromatic N) is 2. The third-order valence-electron chi connectivity index (χ3n) is 5.80. The van der Waals surface area contributed by atoms with Crippen LogP contribution in [-0.4, -0.2) is 34.4 Å². The molecule has 0 atom stereocenters. The summed E-state index contributed by atoms with van der Waals surface area (Å²) in [6, 6.07) is 21.2. The second-order valence-electron chi connectivity index (χ2n) is 7.96. The number of anilines is 2. The summed E-state index contributed by atoms with van der Waals surface area (Å²) in [5.74, 6) is 1.06. The van der Waals surface area contributed by atoms with Gasteiger partial charge in [0.05, 0.1) is 16.3 Å². The van der Waals surface area contributed by atoms with Gasteiger partial charge in [-0.3, -0.25) is 19.4 Å². The number of benzene rings is 3. The molecule has 0 aromatic heterocycles. The summed E-state index contributed by atoms with van der Waals surface area (Å²) in [5.41, 5.74) is 2.54. The molecule has 0 bridgehead atoms. The van der Waals surface area contributed by atoms with Gasteiger partial charge < -0.3 is 9.47 Å². The zero-order valence-electron chi connectivity index (χ0n) is 18.3. The minimum Gasteiger partial charge on any atom is -0.454 e. The van der Waals surface area contributed by atoms with Crippen molar-refractivity contribution >= 4 is 69.3 Å². The van der Waals surface area contributed by atoms with Gasteiger partial charge in [0.1, 0.15) is 4.32 Å². The lowest BCUT2D eigenvalue weighted by Gasteiger charge is -2.31. The van der Waals surface area contributed by atoms with Crippen molar-refractivity contribution in [1.82, 2.24) is 4.90 Å². The molecule has 3 aromatic carbocycles. The molecular formula is C26H18N2O4S3. The second kappa shape index (κ2) is 9.07. The Morgan fingerprint density at radius 2 is 1.63 bits per heavy atom. The zero-order chi connectivity index (χ0) is 23.9. The number of carbonyl (C=O) groups is 2. The van der Waals surface area contributed by atoms with Gasteiger partial charge in [0.15, 0.2) is 11.5 Å². The van der Waals surface area contributed by atoms with Crippen molar-refractivity contribution in [2.24, 2.45) is 0 Å². The molecule has 3 heterocycles. The Bertz CT molecular complexity index is 1380. The Balaban J connectivity index is 1.20. The van der Waals surface area contributed by atoms with Gasteiger partial charge >= 0.3 is 0 Å². The fourth-order valence-electron chi connectivity index (χ4n) is 4.14. The Hall–Kier alpha value is -3.27. The lowest BCUT2D eigenvalue weighted by Crippen LogP contribution is -2.35. The van der Waals surface area contributed by atoms with E-state index in [1.54, 1.807) is 22.7 Å². The summed E-state index contributed by atoms with van der Waals surface area (Å²) in [7, 11) is 0. The molecule has 6 nitrogen and oxygen atoms in total. The summed E-state index contributed by atoms with van der Waals surface area (Å²) in [6.45, 7) is 0.412. The highest BCUT2D eigenvalue weighted by molar-refractivity contribution is 8.26. The number of rotatable bonds is 4. The van der Waals surface area contributed by atoms with Gasteiger partial charge in [-0.1, -0.05) is 66.1 Å². The first kappa shape index (κ1) is 22.2. The van der Waals surface area contributed by atoms with Crippen LogP contribution in [0.1, 0.15) is 12.0 Å². The molecule has 0 unspecified atom stereocenters. The van der Waals surface area contributed by atoms with E-state index in [1.165, 1.54) is 16.7 Å². The van der Waals surface area contributed by atoms with Crippen molar-refractivity contribution in [2.75, 3.05) is 18.2 Å². The van der Waals surface area contributed by atoms with E-state index in [1.807, 2.05) is 66.7 Å². The minimum atomic E-state index is -0.194. The predicted octanol–water partition coefficient (Wildman–Crippen LogP) is 5.84. The molecule has 6 rings (SSSR count). The minimum absolute atomic E-state index is 0.0843. The predicted molar refractivity (Wildman–Crippen MR) is 141 cm³/mol. The molecule has 9 heteroatoms. The fourth-order valence-corrected chi connectivity index (χ4v) is 6.51. The van der Waals surface area contributed by atoms with Gasteiger partial charge in [-0.05, 0) is 48.0 Å². The first-order valence-corrected chi connectivity index (χ1v) is 13.0. The van der Waals surface area contributed by atoms with Crippen molar-refractivity contribution in [3.63, 3.8) is 0 Å². The molecule has 0 radical (unpaired) electrons. The molecule has 3 aromatic rings. The van der Waals surface area contributed by atoms with Crippen molar-refractivity contribution in [1.29, 1.82) is 0 Å². The second-order valence-corrected chi connectivity index (χ2v) is 10.7. The highest BCUT2D eigenvalue weighted by Crippen LogP contribution is 2.48. The lowest BCUT2D eigenvalue weighted by molar-refractivity contribution is -0.123. The molecular weight excluding hydrogens is 500 g/mol. The Morgan fingerprint density at radius 1 is 0.943 bits per heavy atom. The van der Waals surface area contributed by atoms with E-state index < -0.39 is 0 Å². The summed E-state index contributed by atoms with van der Waals surface area (Å²) < 4.78 is 11.2. The van der Waals surface area contributed by atoms with Gasteiger partial charge in [0, 0.05) is 22.8 Å². The zero-order valence-corrected chi connectivity index (χ0v) is 20.8. The Kier molecular flexibility index (Phi) is 5.75. The average molecular weight is 519 g/mol. The van der Waals surface area contributed by atoms with E-state index >= 15 is 0 Å². The molecule has 35 heavy (non-hydrogen) atoms. The van der Waals surface area contributed by atoms with Crippen molar-refractivity contribution in [3.05, 3.63) is 77.2 Å². The molecule has 2 amide bonds. The molecule has 1 fully saturated rings. The Labute approximate surface area is 215 Å². The number of hydrogen-bond donors (Lipinski definition) is 0. The largest absolute Gasteiger partial charge is 0.454 e. The van der Waals surface area contributed by atoms with Gasteiger partial charge in [0.2, 0.25) is 12.7 Å². The maximum absolute atomic E-state index is 13.5. The van der Waals surface area contributed by atoms with E-state index in [9.17, 15) is 9.59 Å². The number of fused-ring (bicyclic) bond motifs is 3. The quantitative estimate of drug-likeness (QED) is 0.318. The molecule has 0 N–H and O–H groups in total. The number of ether oxygens (including phenoxy) is 2. The van der Waals surface area contributed by atoms with Crippen LogP contribution in [-0.2, 0) is 9.59 Å². The summed E-state index contributed by atoms with van der Waals surface area (Å²) in [5, 5.41) is 0. The van der Waals surface area contributed by atoms with Gasteiger partial charge in [-0.25, -0.2) is 0 Å². The topological polar surface area (TPSA) is 59.1 Å². The molecule has 174 valence electrons. The Morgan fingerprint density at radius 3 is 2.37 bits per heavy atom. The van der Waals surface area contributed by atoms with Crippen molar-refractivity contribution in [2.45, 2.75) is 16.2 Å². The van der Waals surface area contributed by atoms with Crippen LogP contribution in [0.5, 0.6) is 11.5 Å². The van der Waals surface area contributed by atoms with Crippen molar-refractivity contribution < 1.29 is 19.1 Å².